The van der Waals surface area contributed by atoms with Crippen molar-refractivity contribution in [2.24, 2.45) is 5.41 Å². The van der Waals surface area contributed by atoms with E-state index in [-0.39, 0.29) is 5.41 Å². The molecular formula is C18H28N2O3. The van der Waals surface area contributed by atoms with E-state index >= 15 is 0 Å². The van der Waals surface area contributed by atoms with Gasteiger partial charge in [-0.2, -0.15) is 0 Å². The van der Waals surface area contributed by atoms with Crippen LogP contribution in [0.4, 0.5) is 4.79 Å². The molecule has 4 N–H and O–H groups in total. The van der Waals surface area contributed by atoms with Gasteiger partial charge in [0, 0.05) is 13.1 Å². The molecule has 0 bridgehead atoms. The maximum absolute atomic E-state index is 11.0. The molecule has 0 heterocycles. The van der Waals surface area contributed by atoms with Crippen LogP contribution in [0.25, 0.3) is 0 Å². The lowest BCUT2D eigenvalue weighted by molar-refractivity contribution is 0.115. The first-order valence-corrected chi connectivity index (χ1v) is 7.87. The Balaban J connectivity index is 2.56. The number of nitrogens with one attached hydrogen (secondary N) is 2. The normalized spacial score (nSPS) is 14.0. The van der Waals surface area contributed by atoms with E-state index in [0.717, 1.165) is 18.5 Å². The van der Waals surface area contributed by atoms with Gasteiger partial charge in [0.25, 0.3) is 0 Å². The number of benzene rings is 1. The summed E-state index contributed by atoms with van der Waals surface area (Å²) < 4.78 is 0. The highest BCUT2D eigenvalue weighted by molar-refractivity contribution is 5.65. The number of allylic oxidation sites excluding steroid dienone is 1. The molecule has 1 amide bonds. The maximum Gasteiger partial charge on any atom is 0.404 e. The predicted molar refractivity (Wildman–Crippen MR) is 92.6 cm³/mol. The van der Waals surface area contributed by atoms with E-state index in [4.69, 9.17) is 5.11 Å². The number of amides is 1. The molecule has 0 fully saturated rings. The second-order valence-corrected chi connectivity index (χ2v) is 6.60. The third-order valence-corrected chi connectivity index (χ3v) is 3.73. The van der Waals surface area contributed by atoms with Gasteiger partial charge in [0.2, 0.25) is 0 Å². The molecule has 1 rings (SSSR count). The Kier molecular flexibility index (Phi) is 7.78. The number of aliphatic hydroxyl groups is 1. The van der Waals surface area contributed by atoms with Gasteiger partial charge in [0.15, 0.2) is 0 Å². The smallest absolute Gasteiger partial charge is 0.404 e. The zero-order chi connectivity index (χ0) is 17.3. The number of hydrogen-bond donors (Lipinski definition) is 4. The van der Waals surface area contributed by atoms with Crippen molar-refractivity contribution in [3.63, 3.8) is 0 Å². The van der Waals surface area contributed by atoms with Crippen molar-refractivity contribution in [1.82, 2.24) is 10.6 Å². The molecule has 0 aliphatic carbocycles. The van der Waals surface area contributed by atoms with Gasteiger partial charge >= 0.3 is 6.09 Å². The maximum atomic E-state index is 11.0. The first-order chi connectivity index (χ1) is 10.8. The molecular weight excluding hydrogens is 292 g/mol. The van der Waals surface area contributed by atoms with Crippen LogP contribution < -0.4 is 10.6 Å². The molecule has 1 aromatic rings. The highest BCUT2D eigenvalue weighted by Gasteiger charge is 2.22. The molecule has 1 unspecified atom stereocenters. The zero-order valence-corrected chi connectivity index (χ0v) is 14.0. The minimum absolute atomic E-state index is 0.0522. The van der Waals surface area contributed by atoms with Gasteiger partial charge in [-0.15, -0.1) is 6.58 Å². The lowest BCUT2D eigenvalue weighted by Crippen LogP contribution is -2.49. The van der Waals surface area contributed by atoms with Crippen LogP contribution >= 0.6 is 0 Å². The second kappa shape index (κ2) is 9.33. The number of aliphatic hydroxyl groups excluding tert-OH is 1. The molecule has 23 heavy (non-hydrogen) atoms. The van der Waals surface area contributed by atoms with Gasteiger partial charge < -0.3 is 20.8 Å². The third kappa shape index (κ3) is 7.81. The fourth-order valence-electron chi connectivity index (χ4n) is 2.47. The lowest BCUT2D eigenvalue weighted by atomic mass is 9.89. The van der Waals surface area contributed by atoms with Crippen LogP contribution in [0.1, 0.15) is 25.8 Å². The Hall–Kier alpha value is -1.85. The van der Waals surface area contributed by atoms with Crippen molar-refractivity contribution < 1.29 is 15.0 Å². The van der Waals surface area contributed by atoms with Crippen molar-refractivity contribution in [3.05, 3.63) is 48.6 Å². The van der Waals surface area contributed by atoms with Crippen molar-refractivity contribution in [3.8, 4) is 0 Å². The van der Waals surface area contributed by atoms with Crippen LogP contribution in [-0.4, -0.2) is 41.5 Å². The standard InChI is InChI=1S/C18H28N2O3/c1-4-10-18(2,3)13-19-12-16(21)15(20-17(22)23)11-14-8-6-5-7-9-14/h4-9,15-16,19-21H,1,10-13H2,2-3H3,(H,22,23)/t15?,16-/m1/s1. The molecule has 0 aromatic heterocycles. The Bertz CT molecular complexity index is 488. The van der Waals surface area contributed by atoms with Gasteiger partial charge in [-0.05, 0) is 23.8 Å². The summed E-state index contributed by atoms with van der Waals surface area (Å²) in [6, 6.07) is 8.99. The summed E-state index contributed by atoms with van der Waals surface area (Å²) in [6.45, 7) is 9.03. The summed E-state index contributed by atoms with van der Waals surface area (Å²) in [4.78, 5) is 11.0. The molecule has 0 aliphatic heterocycles. The van der Waals surface area contributed by atoms with E-state index in [1.807, 2.05) is 36.4 Å². The predicted octanol–water partition coefficient (Wildman–Crippen LogP) is 2.42. The molecule has 0 saturated carbocycles. The molecule has 128 valence electrons. The Morgan fingerprint density at radius 1 is 1.35 bits per heavy atom. The van der Waals surface area contributed by atoms with Crippen LogP contribution in [0.3, 0.4) is 0 Å². The number of hydrogen-bond acceptors (Lipinski definition) is 3. The molecule has 1 aromatic carbocycles. The number of rotatable bonds is 10. The van der Waals surface area contributed by atoms with Crippen LogP contribution in [0, 0.1) is 5.41 Å². The summed E-state index contributed by atoms with van der Waals surface area (Å²) in [5.41, 5.74) is 1.04. The Morgan fingerprint density at radius 3 is 2.57 bits per heavy atom. The monoisotopic (exact) mass is 320 g/mol. The van der Waals surface area contributed by atoms with E-state index in [9.17, 15) is 9.90 Å². The van der Waals surface area contributed by atoms with E-state index < -0.39 is 18.2 Å². The van der Waals surface area contributed by atoms with Crippen LogP contribution in [0.15, 0.2) is 43.0 Å². The SMILES string of the molecule is C=CCC(C)(C)CNC[C@@H](O)C(Cc1ccccc1)NC(=O)O. The average molecular weight is 320 g/mol. The quantitative estimate of drug-likeness (QED) is 0.499. The molecule has 5 nitrogen and oxygen atoms in total. The van der Waals surface area contributed by atoms with Gasteiger partial charge in [-0.25, -0.2) is 4.79 Å². The van der Waals surface area contributed by atoms with Gasteiger partial charge in [0.05, 0.1) is 12.1 Å². The van der Waals surface area contributed by atoms with E-state index in [1.54, 1.807) is 0 Å². The summed E-state index contributed by atoms with van der Waals surface area (Å²) in [5, 5.41) is 24.9. The first-order valence-electron chi connectivity index (χ1n) is 7.87. The molecule has 5 heteroatoms. The van der Waals surface area contributed by atoms with Gasteiger partial charge in [-0.3, -0.25) is 0 Å². The highest BCUT2D eigenvalue weighted by atomic mass is 16.4. The fraction of sp³-hybridized carbons (Fsp3) is 0.500. The summed E-state index contributed by atoms with van der Waals surface area (Å²) in [6.07, 6.45) is 1.27. The topological polar surface area (TPSA) is 81.6 Å². The van der Waals surface area contributed by atoms with Gasteiger partial charge in [-0.1, -0.05) is 50.3 Å². The Labute approximate surface area is 138 Å². The summed E-state index contributed by atoms with van der Waals surface area (Å²) in [7, 11) is 0. The fourth-order valence-corrected chi connectivity index (χ4v) is 2.47. The third-order valence-electron chi connectivity index (χ3n) is 3.73. The minimum atomic E-state index is -1.13. The molecule has 0 spiro atoms. The van der Waals surface area contributed by atoms with E-state index in [0.29, 0.717) is 13.0 Å². The van der Waals surface area contributed by atoms with Crippen molar-refractivity contribution in [2.45, 2.75) is 38.8 Å². The van der Waals surface area contributed by atoms with Crippen LogP contribution in [0.5, 0.6) is 0 Å². The van der Waals surface area contributed by atoms with Crippen molar-refractivity contribution in [2.75, 3.05) is 13.1 Å². The lowest BCUT2D eigenvalue weighted by Gasteiger charge is -2.27. The van der Waals surface area contributed by atoms with Crippen LogP contribution in [-0.2, 0) is 6.42 Å². The molecule has 0 saturated heterocycles. The van der Waals surface area contributed by atoms with Crippen molar-refractivity contribution >= 4 is 6.09 Å². The molecule has 0 aliphatic rings. The summed E-state index contributed by atoms with van der Waals surface area (Å²) in [5.74, 6) is 0. The average Bonchev–Trinajstić information content (AvgIpc) is 2.46. The first kappa shape index (κ1) is 19.2. The largest absolute Gasteiger partial charge is 0.465 e. The molecule has 2 atom stereocenters. The van der Waals surface area contributed by atoms with E-state index in [2.05, 4.69) is 31.1 Å². The number of carboxylic acid groups (broad SMARTS) is 1. The molecule has 0 radical (unpaired) electrons. The number of carbonyl (C=O) groups is 1. The second-order valence-electron chi connectivity index (χ2n) is 6.60. The zero-order valence-electron chi connectivity index (χ0n) is 14.0. The van der Waals surface area contributed by atoms with Crippen molar-refractivity contribution in [1.29, 1.82) is 0 Å². The Morgan fingerprint density at radius 2 is 2.00 bits per heavy atom. The van der Waals surface area contributed by atoms with Gasteiger partial charge in [0.1, 0.15) is 0 Å². The van der Waals surface area contributed by atoms with Crippen LogP contribution in [0.2, 0.25) is 0 Å². The summed E-state index contributed by atoms with van der Waals surface area (Å²) >= 11 is 0. The minimum Gasteiger partial charge on any atom is -0.465 e. The van der Waals surface area contributed by atoms with E-state index in [1.165, 1.54) is 0 Å². The highest BCUT2D eigenvalue weighted by Crippen LogP contribution is 2.19.